The molecule has 5 heteroatoms. The molecule has 0 spiro atoms. The van der Waals surface area contributed by atoms with Crippen molar-refractivity contribution in [1.29, 1.82) is 0 Å². The van der Waals surface area contributed by atoms with Crippen molar-refractivity contribution in [3.05, 3.63) is 65.1 Å². The van der Waals surface area contributed by atoms with Gasteiger partial charge in [-0.05, 0) is 54.6 Å². The van der Waals surface area contributed by atoms with Gasteiger partial charge in [0.15, 0.2) is 0 Å². The zero-order chi connectivity index (χ0) is 17.4. The minimum absolute atomic E-state index is 0.332. The predicted molar refractivity (Wildman–Crippen MR) is 98.4 cm³/mol. The Balaban J connectivity index is 1.88. The summed E-state index contributed by atoms with van der Waals surface area (Å²) in [5.41, 5.74) is 4.96. The zero-order valence-electron chi connectivity index (χ0n) is 14.0. The van der Waals surface area contributed by atoms with Crippen LogP contribution in [0.3, 0.4) is 0 Å². The average molecular weight is 333 g/mol. The first kappa shape index (κ1) is 15.6. The fraction of sp³-hybridized carbons (Fsp3) is 0.200. The van der Waals surface area contributed by atoms with Crippen molar-refractivity contribution in [3.8, 4) is 0 Å². The Labute approximate surface area is 145 Å². The molecule has 4 rings (SSSR count). The summed E-state index contributed by atoms with van der Waals surface area (Å²) < 4.78 is 2.20. The van der Waals surface area contributed by atoms with Gasteiger partial charge in [-0.2, -0.15) is 0 Å². The van der Waals surface area contributed by atoms with Crippen LogP contribution in [0.25, 0.3) is 23.2 Å². The van der Waals surface area contributed by atoms with Crippen LogP contribution in [0.2, 0.25) is 0 Å². The van der Waals surface area contributed by atoms with Crippen LogP contribution < -0.4 is 0 Å². The van der Waals surface area contributed by atoms with Gasteiger partial charge in [-0.25, -0.2) is 4.79 Å². The molecule has 0 atom stereocenters. The van der Waals surface area contributed by atoms with Gasteiger partial charge in [0.25, 0.3) is 0 Å². The number of hydrogen-bond acceptors (Lipinski definition) is 3. The Hall–Kier alpha value is -2.92. The van der Waals surface area contributed by atoms with E-state index in [2.05, 4.69) is 33.8 Å². The monoisotopic (exact) mass is 333 g/mol. The molecule has 3 aromatic rings. The quantitative estimate of drug-likeness (QED) is 0.798. The first-order chi connectivity index (χ1) is 12.1. The van der Waals surface area contributed by atoms with E-state index in [-0.39, 0.29) is 0 Å². The lowest BCUT2D eigenvalue weighted by Gasteiger charge is -2.23. The maximum Gasteiger partial charge on any atom is 0.335 e. The number of aromatic nitrogens is 2. The average Bonchev–Trinajstić information content (AvgIpc) is 2.93. The van der Waals surface area contributed by atoms with E-state index in [4.69, 9.17) is 0 Å². The van der Waals surface area contributed by atoms with Gasteiger partial charge >= 0.3 is 5.97 Å². The fourth-order valence-corrected chi connectivity index (χ4v) is 3.47. The lowest BCUT2D eigenvalue weighted by atomic mass is 10.0. The van der Waals surface area contributed by atoms with Crippen molar-refractivity contribution >= 4 is 29.1 Å². The van der Waals surface area contributed by atoms with Crippen molar-refractivity contribution < 1.29 is 9.90 Å². The van der Waals surface area contributed by atoms with Gasteiger partial charge in [-0.1, -0.05) is 0 Å². The lowest BCUT2D eigenvalue weighted by Crippen LogP contribution is -2.26. The van der Waals surface area contributed by atoms with Gasteiger partial charge in [-0.3, -0.25) is 4.98 Å². The molecule has 0 unspecified atom stereocenters. The van der Waals surface area contributed by atoms with E-state index in [1.807, 2.05) is 18.2 Å². The summed E-state index contributed by atoms with van der Waals surface area (Å²) in [4.78, 5) is 17.7. The largest absolute Gasteiger partial charge is 0.478 e. The third-order valence-electron chi connectivity index (χ3n) is 4.75. The Morgan fingerprint density at radius 3 is 2.80 bits per heavy atom. The molecule has 0 saturated heterocycles. The Morgan fingerprint density at radius 2 is 2.04 bits per heavy atom. The summed E-state index contributed by atoms with van der Waals surface area (Å²) in [6.07, 6.45) is 8.63. The predicted octanol–water partition coefficient (Wildman–Crippen LogP) is 3.35. The van der Waals surface area contributed by atoms with E-state index in [9.17, 15) is 9.90 Å². The van der Waals surface area contributed by atoms with Crippen molar-refractivity contribution in [2.24, 2.45) is 0 Å². The van der Waals surface area contributed by atoms with Gasteiger partial charge in [0, 0.05) is 49.2 Å². The summed E-state index contributed by atoms with van der Waals surface area (Å²) in [7, 11) is 2.10. The maximum absolute atomic E-state index is 11.4. The molecule has 1 aliphatic heterocycles. The molecule has 0 bridgehead atoms. The first-order valence-electron chi connectivity index (χ1n) is 8.29. The van der Waals surface area contributed by atoms with Crippen LogP contribution in [-0.2, 0) is 13.0 Å². The number of rotatable bonds is 3. The van der Waals surface area contributed by atoms with Crippen molar-refractivity contribution in [2.75, 3.05) is 13.6 Å². The fourth-order valence-electron chi connectivity index (χ4n) is 3.47. The molecular formula is C20H19N3O2. The second-order valence-electron chi connectivity index (χ2n) is 6.42. The van der Waals surface area contributed by atoms with E-state index < -0.39 is 5.97 Å². The summed E-state index contributed by atoms with van der Waals surface area (Å²) in [5.74, 6) is -0.889. The number of aromatic carboxylic acids is 1. The molecule has 2 aromatic heterocycles. The molecule has 0 fully saturated rings. The van der Waals surface area contributed by atoms with Crippen LogP contribution in [0, 0.1) is 0 Å². The standard InChI is InChI=1S/C20H19N3O2/c1-22-10-7-19-17(13-22)16-12-15(20(24)25)2-3-18(16)23(19)11-6-14-4-8-21-9-5-14/h2-6,8-9,11-12H,7,10,13H2,1H3,(H,24,25). The maximum atomic E-state index is 11.4. The van der Waals surface area contributed by atoms with Crippen LogP contribution in [-0.4, -0.2) is 39.1 Å². The van der Waals surface area contributed by atoms with E-state index in [1.165, 1.54) is 11.3 Å². The van der Waals surface area contributed by atoms with Crippen molar-refractivity contribution in [1.82, 2.24) is 14.5 Å². The number of nitrogens with zero attached hydrogens (tertiary/aromatic N) is 3. The molecule has 0 saturated carbocycles. The number of fused-ring (bicyclic) bond motifs is 3. The second-order valence-corrected chi connectivity index (χ2v) is 6.42. The molecule has 126 valence electrons. The van der Waals surface area contributed by atoms with Crippen molar-refractivity contribution in [2.45, 2.75) is 13.0 Å². The van der Waals surface area contributed by atoms with Gasteiger partial charge in [0.1, 0.15) is 0 Å². The number of carboxylic acid groups (broad SMARTS) is 1. The molecule has 0 aliphatic carbocycles. The SMILES string of the molecule is CN1CCc2c(c3cc(C(=O)O)ccc3n2C=Cc2ccncc2)C1. The molecule has 1 aromatic carbocycles. The number of hydrogen-bond donors (Lipinski definition) is 1. The number of pyridine rings is 1. The highest BCUT2D eigenvalue weighted by Crippen LogP contribution is 2.32. The van der Waals surface area contributed by atoms with E-state index in [0.717, 1.165) is 36.0 Å². The normalized spacial score (nSPS) is 14.9. The molecular weight excluding hydrogens is 314 g/mol. The molecule has 3 heterocycles. The van der Waals surface area contributed by atoms with Crippen molar-refractivity contribution in [3.63, 3.8) is 0 Å². The molecule has 0 radical (unpaired) electrons. The second kappa shape index (κ2) is 6.18. The summed E-state index contributed by atoms with van der Waals surface area (Å²) >= 11 is 0. The van der Waals surface area contributed by atoms with Gasteiger partial charge in [0.05, 0.1) is 11.1 Å². The van der Waals surface area contributed by atoms with Crippen LogP contribution in [0.15, 0.2) is 42.7 Å². The van der Waals surface area contributed by atoms with Gasteiger partial charge < -0.3 is 14.6 Å². The smallest absolute Gasteiger partial charge is 0.335 e. The molecule has 5 nitrogen and oxygen atoms in total. The van der Waals surface area contributed by atoms with E-state index in [0.29, 0.717) is 5.56 Å². The number of carbonyl (C=O) groups is 1. The van der Waals surface area contributed by atoms with E-state index >= 15 is 0 Å². The van der Waals surface area contributed by atoms with E-state index in [1.54, 1.807) is 24.5 Å². The summed E-state index contributed by atoms with van der Waals surface area (Å²) in [6.45, 7) is 1.84. The summed E-state index contributed by atoms with van der Waals surface area (Å²) in [5, 5.41) is 10.4. The van der Waals surface area contributed by atoms with Crippen LogP contribution in [0.4, 0.5) is 0 Å². The third kappa shape index (κ3) is 2.83. The zero-order valence-corrected chi connectivity index (χ0v) is 14.0. The highest BCUT2D eigenvalue weighted by Gasteiger charge is 2.22. The highest BCUT2D eigenvalue weighted by molar-refractivity contribution is 5.96. The lowest BCUT2D eigenvalue weighted by molar-refractivity contribution is 0.0697. The topological polar surface area (TPSA) is 58.4 Å². The van der Waals surface area contributed by atoms with Crippen LogP contribution in [0.1, 0.15) is 27.2 Å². The first-order valence-corrected chi connectivity index (χ1v) is 8.29. The molecule has 1 aliphatic rings. The van der Waals surface area contributed by atoms with Gasteiger partial charge in [-0.15, -0.1) is 0 Å². The van der Waals surface area contributed by atoms with Crippen LogP contribution >= 0.6 is 0 Å². The highest BCUT2D eigenvalue weighted by atomic mass is 16.4. The number of carboxylic acids is 1. The minimum atomic E-state index is -0.889. The third-order valence-corrected chi connectivity index (χ3v) is 4.75. The Bertz CT molecular complexity index is 974. The minimum Gasteiger partial charge on any atom is -0.478 e. The molecule has 25 heavy (non-hydrogen) atoms. The number of benzene rings is 1. The Kier molecular flexibility index (Phi) is 3.86. The van der Waals surface area contributed by atoms with Gasteiger partial charge in [0.2, 0.25) is 0 Å². The Morgan fingerprint density at radius 1 is 1.24 bits per heavy atom. The molecule has 0 amide bonds. The number of likely N-dealkylation sites (N-methyl/N-ethyl adjacent to an activating group) is 1. The molecule has 1 N–H and O–H groups in total. The summed E-state index contributed by atoms with van der Waals surface area (Å²) in [6, 6.07) is 9.31. The van der Waals surface area contributed by atoms with Crippen LogP contribution in [0.5, 0.6) is 0 Å².